The molecule has 1 heterocycles. The molecule has 2 atom stereocenters. The molecule has 0 radical (unpaired) electrons. The van der Waals surface area contributed by atoms with Gasteiger partial charge >= 0.3 is 6.01 Å². The fourth-order valence-electron chi connectivity index (χ4n) is 2.65. The fraction of sp³-hybridized carbons (Fsp3) is 0.643. The molecule has 6 heteroatoms. The predicted octanol–water partition coefficient (Wildman–Crippen LogP) is 2.23. The average molecular weight is 278 g/mol. The third-order valence-corrected chi connectivity index (χ3v) is 3.79. The van der Waals surface area contributed by atoms with Gasteiger partial charge in [-0.2, -0.15) is 4.98 Å². The lowest BCUT2D eigenvalue weighted by Gasteiger charge is -2.28. The summed E-state index contributed by atoms with van der Waals surface area (Å²) in [6.07, 6.45) is 5.89. The first-order chi connectivity index (χ1) is 9.62. The Kier molecular flexibility index (Phi) is 4.76. The van der Waals surface area contributed by atoms with Crippen LogP contribution in [0, 0.1) is 12.8 Å². The smallest absolute Gasteiger partial charge is 0.317 e. The minimum atomic E-state index is -0.0320. The molecule has 0 spiro atoms. The molecule has 0 aromatic carbocycles. The van der Waals surface area contributed by atoms with Crippen molar-refractivity contribution in [1.82, 2.24) is 9.97 Å². The van der Waals surface area contributed by atoms with Crippen LogP contribution in [0.15, 0.2) is 11.2 Å². The number of oxime groups is 1. The van der Waals surface area contributed by atoms with E-state index in [0.717, 1.165) is 24.5 Å². The van der Waals surface area contributed by atoms with Crippen LogP contribution in [0.25, 0.3) is 0 Å². The summed E-state index contributed by atoms with van der Waals surface area (Å²) in [6, 6.07) is 1.98. The van der Waals surface area contributed by atoms with Gasteiger partial charge in [0.2, 0.25) is 0 Å². The number of rotatable bonds is 4. The van der Waals surface area contributed by atoms with Crippen molar-refractivity contribution in [2.45, 2.75) is 52.1 Å². The van der Waals surface area contributed by atoms with Gasteiger partial charge in [0.15, 0.2) is 5.84 Å². The summed E-state index contributed by atoms with van der Waals surface area (Å²) < 4.78 is 5.89. The van der Waals surface area contributed by atoms with Crippen molar-refractivity contribution in [2.75, 3.05) is 0 Å². The number of aryl methyl sites for hydroxylation is 1. The van der Waals surface area contributed by atoms with Crippen molar-refractivity contribution in [3.05, 3.63) is 17.5 Å². The Labute approximate surface area is 119 Å². The second-order valence-electron chi connectivity index (χ2n) is 5.34. The highest BCUT2D eigenvalue weighted by molar-refractivity contribution is 5.95. The SMILES string of the molecule is CCC1CCCC(Oc2nc(C)cc(/C(N)=N/O)n2)C1. The highest BCUT2D eigenvalue weighted by Gasteiger charge is 2.23. The maximum absolute atomic E-state index is 8.72. The van der Waals surface area contributed by atoms with Crippen LogP contribution < -0.4 is 10.5 Å². The summed E-state index contributed by atoms with van der Waals surface area (Å²) in [5.74, 6) is 0.692. The van der Waals surface area contributed by atoms with Gasteiger partial charge in [0.05, 0.1) is 0 Å². The number of nitrogens with zero attached hydrogens (tertiary/aromatic N) is 3. The van der Waals surface area contributed by atoms with Crippen LogP contribution in [0.1, 0.15) is 50.4 Å². The Bertz CT molecular complexity index is 490. The van der Waals surface area contributed by atoms with Gasteiger partial charge in [0, 0.05) is 5.69 Å². The van der Waals surface area contributed by atoms with Gasteiger partial charge in [-0.25, -0.2) is 4.98 Å². The molecule has 1 aliphatic rings. The summed E-state index contributed by atoms with van der Waals surface area (Å²) in [5, 5.41) is 11.7. The summed E-state index contributed by atoms with van der Waals surface area (Å²) in [5.41, 5.74) is 6.69. The lowest BCUT2D eigenvalue weighted by atomic mass is 9.85. The maximum Gasteiger partial charge on any atom is 0.317 e. The zero-order valence-corrected chi connectivity index (χ0v) is 12.0. The quantitative estimate of drug-likeness (QED) is 0.381. The number of hydrogen-bond acceptors (Lipinski definition) is 5. The third kappa shape index (κ3) is 3.59. The topological polar surface area (TPSA) is 93.6 Å². The predicted molar refractivity (Wildman–Crippen MR) is 75.9 cm³/mol. The molecule has 6 nitrogen and oxygen atoms in total. The van der Waals surface area contributed by atoms with E-state index < -0.39 is 0 Å². The first-order valence-corrected chi connectivity index (χ1v) is 7.12. The van der Waals surface area contributed by atoms with E-state index in [9.17, 15) is 0 Å². The van der Waals surface area contributed by atoms with Crippen LogP contribution in [-0.4, -0.2) is 27.1 Å². The molecular weight excluding hydrogens is 256 g/mol. The molecular formula is C14H22N4O2. The van der Waals surface area contributed by atoms with Gasteiger partial charge in [0.25, 0.3) is 0 Å². The molecule has 1 saturated carbocycles. The van der Waals surface area contributed by atoms with Crippen LogP contribution >= 0.6 is 0 Å². The van der Waals surface area contributed by atoms with E-state index >= 15 is 0 Å². The lowest BCUT2D eigenvalue weighted by molar-refractivity contribution is 0.111. The molecule has 0 aliphatic heterocycles. The molecule has 0 amide bonds. The average Bonchev–Trinajstić information content (AvgIpc) is 2.46. The lowest BCUT2D eigenvalue weighted by Crippen LogP contribution is -2.26. The molecule has 1 aromatic heterocycles. The summed E-state index contributed by atoms with van der Waals surface area (Å²) >= 11 is 0. The molecule has 0 saturated heterocycles. The summed E-state index contributed by atoms with van der Waals surface area (Å²) in [4.78, 5) is 8.47. The number of ether oxygens (including phenoxy) is 1. The maximum atomic E-state index is 8.72. The number of hydrogen-bond donors (Lipinski definition) is 2. The van der Waals surface area contributed by atoms with Gasteiger partial charge < -0.3 is 15.7 Å². The monoisotopic (exact) mass is 278 g/mol. The van der Waals surface area contributed by atoms with E-state index in [0.29, 0.717) is 11.7 Å². The Morgan fingerprint density at radius 3 is 3.00 bits per heavy atom. The van der Waals surface area contributed by atoms with Gasteiger partial charge in [0.1, 0.15) is 11.8 Å². The van der Waals surface area contributed by atoms with Gasteiger partial charge in [-0.1, -0.05) is 24.9 Å². The number of aromatic nitrogens is 2. The standard InChI is InChI=1S/C14H22N4O2/c1-3-10-5-4-6-11(8-10)20-14-16-9(2)7-12(17-14)13(15)18-19/h7,10-11,19H,3-6,8H2,1-2H3,(H2,15,18). The molecule has 20 heavy (non-hydrogen) atoms. The molecule has 0 bridgehead atoms. The largest absolute Gasteiger partial charge is 0.460 e. The Morgan fingerprint density at radius 1 is 1.50 bits per heavy atom. The van der Waals surface area contributed by atoms with E-state index in [4.69, 9.17) is 15.7 Å². The fourth-order valence-corrected chi connectivity index (χ4v) is 2.65. The second-order valence-corrected chi connectivity index (χ2v) is 5.34. The molecule has 1 aliphatic carbocycles. The molecule has 1 aromatic rings. The van der Waals surface area contributed by atoms with Crippen molar-refractivity contribution >= 4 is 5.84 Å². The van der Waals surface area contributed by atoms with Crippen LogP contribution in [-0.2, 0) is 0 Å². The second kappa shape index (κ2) is 6.54. The van der Waals surface area contributed by atoms with Crippen molar-refractivity contribution in [1.29, 1.82) is 0 Å². The zero-order valence-electron chi connectivity index (χ0n) is 12.0. The van der Waals surface area contributed by atoms with Crippen LogP contribution in [0.5, 0.6) is 6.01 Å². The van der Waals surface area contributed by atoms with Crippen LogP contribution in [0.2, 0.25) is 0 Å². The van der Waals surface area contributed by atoms with E-state index in [2.05, 4.69) is 22.0 Å². The van der Waals surface area contributed by atoms with Gasteiger partial charge in [-0.05, 0) is 38.2 Å². The Balaban J connectivity index is 2.11. The van der Waals surface area contributed by atoms with E-state index in [1.165, 1.54) is 19.3 Å². The number of amidine groups is 1. The molecule has 2 rings (SSSR count). The first kappa shape index (κ1) is 14.6. The normalized spacial score (nSPS) is 23.6. The first-order valence-electron chi connectivity index (χ1n) is 7.12. The molecule has 2 unspecified atom stereocenters. The molecule has 3 N–H and O–H groups in total. The zero-order chi connectivity index (χ0) is 14.5. The van der Waals surface area contributed by atoms with Crippen LogP contribution in [0.3, 0.4) is 0 Å². The van der Waals surface area contributed by atoms with Crippen molar-refractivity contribution in [3.8, 4) is 6.01 Å². The van der Waals surface area contributed by atoms with Gasteiger partial charge in [-0.3, -0.25) is 0 Å². The number of nitrogens with two attached hydrogens (primary N) is 1. The highest BCUT2D eigenvalue weighted by Crippen LogP contribution is 2.28. The van der Waals surface area contributed by atoms with Crippen molar-refractivity contribution < 1.29 is 9.94 Å². The van der Waals surface area contributed by atoms with E-state index in [1.807, 2.05) is 6.92 Å². The highest BCUT2D eigenvalue weighted by atomic mass is 16.5. The van der Waals surface area contributed by atoms with E-state index in [1.54, 1.807) is 6.07 Å². The summed E-state index contributed by atoms with van der Waals surface area (Å²) in [6.45, 7) is 4.05. The van der Waals surface area contributed by atoms with Crippen molar-refractivity contribution in [3.63, 3.8) is 0 Å². The molecule has 110 valence electrons. The minimum absolute atomic E-state index is 0.0320. The Hall–Kier alpha value is -1.85. The Morgan fingerprint density at radius 2 is 2.30 bits per heavy atom. The summed E-state index contributed by atoms with van der Waals surface area (Å²) in [7, 11) is 0. The van der Waals surface area contributed by atoms with Crippen LogP contribution in [0.4, 0.5) is 0 Å². The van der Waals surface area contributed by atoms with Crippen molar-refractivity contribution in [2.24, 2.45) is 16.8 Å². The molecule has 1 fully saturated rings. The van der Waals surface area contributed by atoms with Gasteiger partial charge in [-0.15, -0.1) is 0 Å². The minimum Gasteiger partial charge on any atom is -0.460 e. The third-order valence-electron chi connectivity index (χ3n) is 3.79. The van der Waals surface area contributed by atoms with E-state index in [-0.39, 0.29) is 11.9 Å².